The maximum absolute atomic E-state index is 2.29. The van der Waals surface area contributed by atoms with Crippen molar-refractivity contribution in [2.24, 2.45) is 5.41 Å². The van der Waals surface area contributed by atoms with Crippen molar-refractivity contribution in [3.63, 3.8) is 0 Å². The fraction of sp³-hybridized carbons (Fsp3) is 0.556. The van der Waals surface area contributed by atoms with Gasteiger partial charge in [-0.05, 0) is 0 Å². The summed E-state index contributed by atoms with van der Waals surface area (Å²) in [7, 11) is 0. The summed E-state index contributed by atoms with van der Waals surface area (Å²) < 4.78 is 1.67. The van der Waals surface area contributed by atoms with Crippen LogP contribution in [0.2, 0.25) is 0 Å². The van der Waals surface area contributed by atoms with E-state index in [1.54, 1.807) is 8.90 Å². The molecule has 0 N–H and O–H groups in total. The van der Waals surface area contributed by atoms with Crippen LogP contribution in [0.15, 0.2) is 21.1 Å². The molecule has 0 bridgehead atoms. The van der Waals surface area contributed by atoms with Crippen molar-refractivity contribution in [3.8, 4) is 0 Å². The zero-order valence-corrected chi connectivity index (χ0v) is 12.9. The van der Waals surface area contributed by atoms with Gasteiger partial charge in [0.25, 0.3) is 0 Å². The van der Waals surface area contributed by atoms with E-state index in [1.807, 2.05) is 0 Å². The number of hydrogen-bond acceptors (Lipinski definition) is 0. The van der Waals surface area contributed by atoms with Gasteiger partial charge < -0.3 is 0 Å². The van der Waals surface area contributed by atoms with Crippen molar-refractivity contribution in [2.75, 3.05) is 0 Å². The van der Waals surface area contributed by atoms with Crippen LogP contribution in [0.4, 0.5) is 0 Å². The first-order chi connectivity index (χ1) is 4.52. The summed E-state index contributed by atoms with van der Waals surface area (Å²) in [5.41, 5.74) is 1.96. The van der Waals surface area contributed by atoms with Gasteiger partial charge in [-0.25, -0.2) is 0 Å². The van der Waals surface area contributed by atoms with Gasteiger partial charge in [-0.15, -0.1) is 24.8 Å². The van der Waals surface area contributed by atoms with Crippen molar-refractivity contribution >= 4 is 24.8 Å². The molecule has 3 heteroatoms. The van der Waals surface area contributed by atoms with Gasteiger partial charge in [0.15, 0.2) is 0 Å². The second-order valence-electron chi connectivity index (χ2n) is 3.75. The van der Waals surface area contributed by atoms with Crippen LogP contribution in [-0.2, 0) is 24.4 Å². The van der Waals surface area contributed by atoms with Crippen molar-refractivity contribution in [3.05, 3.63) is 21.1 Å². The smallest absolute Gasteiger partial charge is 0.147 e. The summed E-state index contributed by atoms with van der Waals surface area (Å²) >= 11 is 1.23. The summed E-state index contributed by atoms with van der Waals surface area (Å²) in [6.45, 7) is 6.86. The number of halogens is 2. The maximum atomic E-state index is 2.29. The first-order valence-corrected chi connectivity index (χ1v) is 5.43. The molecule has 0 saturated carbocycles. The fourth-order valence-corrected chi connectivity index (χ4v) is 3.28. The molecule has 0 heterocycles. The van der Waals surface area contributed by atoms with Gasteiger partial charge in [-0.3, -0.25) is 0 Å². The van der Waals surface area contributed by atoms with Gasteiger partial charge in [0, 0.05) is 0 Å². The third-order valence-electron chi connectivity index (χ3n) is 1.74. The summed E-state index contributed by atoms with van der Waals surface area (Å²) in [4.78, 5) is 0. The zero-order chi connectivity index (χ0) is 7.78. The molecule has 0 aliphatic heterocycles. The minimum Gasteiger partial charge on any atom is -0.147 e. The van der Waals surface area contributed by atoms with E-state index in [-0.39, 0.29) is 24.8 Å². The zero-order valence-electron chi connectivity index (χ0n) is 7.68. The Morgan fingerprint density at radius 2 is 1.75 bits per heavy atom. The molecule has 1 rings (SSSR count). The van der Waals surface area contributed by atoms with Crippen LogP contribution >= 0.6 is 24.8 Å². The van der Waals surface area contributed by atoms with E-state index in [1.165, 1.54) is 30.8 Å². The van der Waals surface area contributed by atoms with Crippen LogP contribution in [-0.4, -0.2) is 0 Å². The van der Waals surface area contributed by atoms with Crippen LogP contribution < -0.4 is 0 Å². The Kier molecular flexibility index (Phi) is 7.21. The molecule has 0 unspecified atom stereocenters. The molecule has 1 aliphatic rings. The van der Waals surface area contributed by atoms with E-state index < -0.39 is 0 Å². The van der Waals surface area contributed by atoms with Gasteiger partial charge in [0.1, 0.15) is 0 Å². The third kappa shape index (κ3) is 3.76. The topological polar surface area (TPSA) is 0 Å². The average molecular weight is 373 g/mol. The molecule has 0 aromatic rings. The number of allylic oxidation sites excluding steroid dienone is 4. The quantitative estimate of drug-likeness (QED) is 0.570. The summed E-state index contributed by atoms with van der Waals surface area (Å²) in [5, 5.41) is 0. The molecule has 0 nitrogen and oxygen atoms in total. The molecule has 0 aromatic carbocycles. The monoisotopic (exact) mass is 373 g/mol. The molecule has 0 amide bonds. The Morgan fingerprint density at radius 3 is 1.92 bits per heavy atom. The van der Waals surface area contributed by atoms with Crippen molar-refractivity contribution in [2.45, 2.75) is 27.2 Å². The van der Waals surface area contributed by atoms with Gasteiger partial charge in [-0.2, -0.15) is 0 Å². The molecule has 0 spiro atoms. The van der Waals surface area contributed by atoms with Gasteiger partial charge in [-0.1, -0.05) is 0 Å². The van der Waals surface area contributed by atoms with Crippen LogP contribution in [0, 0.1) is 5.41 Å². The summed E-state index contributed by atoms with van der Waals surface area (Å²) in [6.07, 6.45) is 5.80. The van der Waals surface area contributed by atoms with Crippen LogP contribution in [0.25, 0.3) is 0 Å². The van der Waals surface area contributed by atoms with Gasteiger partial charge in [0.2, 0.25) is 0 Å². The SMILES string of the molecule is CC(C)(C)C1=[C]([Hf])CC=C1.Cl.Cl. The summed E-state index contributed by atoms with van der Waals surface area (Å²) in [6, 6.07) is 0. The standard InChI is InChI=1S/C9H13.2ClH.Hf/c1-9(2,3)8-6-4-5-7-8;;;/h4,6H,5H2,1-3H3;2*1H;. The van der Waals surface area contributed by atoms with E-state index in [0.29, 0.717) is 5.41 Å². The summed E-state index contributed by atoms with van der Waals surface area (Å²) in [5.74, 6) is 0. The first-order valence-electron chi connectivity index (χ1n) is 3.63. The van der Waals surface area contributed by atoms with Crippen molar-refractivity contribution in [1.82, 2.24) is 0 Å². The van der Waals surface area contributed by atoms with E-state index in [4.69, 9.17) is 0 Å². The van der Waals surface area contributed by atoms with E-state index in [0.717, 1.165) is 0 Å². The van der Waals surface area contributed by atoms with E-state index >= 15 is 0 Å². The normalized spacial score (nSPS) is 15.5. The number of rotatable bonds is 0. The predicted molar refractivity (Wildman–Crippen MR) is 54.7 cm³/mol. The Bertz CT molecular complexity index is 199. The molecule has 0 radical (unpaired) electrons. The fourth-order valence-electron chi connectivity index (χ4n) is 1.21. The molecule has 12 heavy (non-hydrogen) atoms. The molecule has 69 valence electrons. The third-order valence-corrected chi connectivity index (χ3v) is 3.44. The van der Waals surface area contributed by atoms with Crippen LogP contribution in [0.3, 0.4) is 0 Å². The van der Waals surface area contributed by atoms with E-state index in [9.17, 15) is 0 Å². The minimum absolute atomic E-state index is 0. The van der Waals surface area contributed by atoms with E-state index in [2.05, 4.69) is 32.9 Å². The van der Waals surface area contributed by atoms with Gasteiger partial charge in [0.05, 0.1) is 0 Å². The Hall–Kier alpha value is 0.930. The Morgan fingerprint density at radius 1 is 1.25 bits per heavy atom. The molecule has 0 atom stereocenters. The average Bonchev–Trinajstić information content (AvgIpc) is 2.11. The molecular formula is C9H15Cl2Hf. The molecule has 0 saturated heterocycles. The second-order valence-corrected chi connectivity index (χ2v) is 5.92. The van der Waals surface area contributed by atoms with Crippen LogP contribution in [0.1, 0.15) is 27.2 Å². The largest absolute Gasteiger partial charge is 0.147 e. The molecule has 0 fully saturated rings. The number of hydrogen-bond donors (Lipinski definition) is 0. The first kappa shape index (κ1) is 15.4. The Balaban J connectivity index is 0. The minimum atomic E-state index is 0. The molecular weight excluding hydrogens is 357 g/mol. The van der Waals surface area contributed by atoms with Gasteiger partial charge >= 0.3 is 78.0 Å². The molecule has 1 aliphatic carbocycles. The van der Waals surface area contributed by atoms with Crippen molar-refractivity contribution < 1.29 is 24.4 Å². The van der Waals surface area contributed by atoms with Crippen LogP contribution in [0.5, 0.6) is 0 Å². The van der Waals surface area contributed by atoms with Crippen molar-refractivity contribution in [1.29, 1.82) is 0 Å². The Labute approximate surface area is 102 Å². The second kappa shape index (κ2) is 5.62. The predicted octanol–water partition coefficient (Wildman–Crippen LogP) is 3.64. The molecule has 0 aromatic heterocycles. The maximum Gasteiger partial charge on any atom is -0.147 e.